The molecule has 0 aliphatic heterocycles. The third-order valence-electron chi connectivity index (χ3n) is 3.29. The van der Waals surface area contributed by atoms with Crippen molar-refractivity contribution in [2.24, 2.45) is 0 Å². The standard InChI is InChI=1S/C17H23N3/c1-4-5-14-6-8-15(9-7-14)16-12-13(2)19-17(20-16)10-11-18-3/h6-9,12,18H,4-5,10-11H2,1-3H3. The van der Waals surface area contributed by atoms with Gasteiger partial charge < -0.3 is 5.32 Å². The minimum absolute atomic E-state index is 0.860. The van der Waals surface area contributed by atoms with Crippen LogP contribution in [0.1, 0.15) is 30.4 Å². The van der Waals surface area contributed by atoms with E-state index < -0.39 is 0 Å². The van der Waals surface area contributed by atoms with E-state index in [2.05, 4.69) is 52.5 Å². The minimum Gasteiger partial charge on any atom is -0.319 e. The van der Waals surface area contributed by atoms with E-state index in [-0.39, 0.29) is 0 Å². The number of aromatic nitrogens is 2. The second-order valence-electron chi connectivity index (χ2n) is 5.11. The molecule has 0 atom stereocenters. The second-order valence-corrected chi connectivity index (χ2v) is 5.11. The van der Waals surface area contributed by atoms with E-state index in [1.165, 1.54) is 17.5 Å². The van der Waals surface area contributed by atoms with Gasteiger partial charge in [0.2, 0.25) is 0 Å². The Morgan fingerprint density at radius 1 is 1.05 bits per heavy atom. The van der Waals surface area contributed by atoms with Gasteiger partial charge in [0.1, 0.15) is 5.82 Å². The number of nitrogens with one attached hydrogen (secondary N) is 1. The lowest BCUT2D eigenvalue weighted by Crippen LogP contribution is -2.12. The normalized spacial score (nSPS) is 10.8. The van der Waals surface area contributed by atoms with Crippen molar-refractivity contribution in [1.29, 1.82) is 0 Å². The zero-order valence-electron chi connectivity index (χ0n) is 12.6. The van der Waals surface area contributed by atoms with Crippen LogP contribution < -0.4 is 5.32 Å². The Balaban J connectivity index is 2.24. The van der Waals surface area contributed by atoms with Gasteiger partial charge in [-0.15, -0.1) is 0 Å². The van der Waals surface area contributed by atoms with E-state index in [9.17, 15) is 0 Å². The SMILES string of the molecule is CCCc1ccc(-c2cc(C)nc(CCNC)n2)cc1. The summed E-state index contributed by atoms with van der Waals surface area (Å²) in [6.45, 7) is 5.13. The molecule has 0 saturated heterocycles. The van der Waals surface area contributed by atoms with Crippen LogP contribution in [0, 0.1) is 6.92 Å². The lowest BCUT2D eigenvalue weighted by molar-refractivity contribution is 0.752. The van der Waals surface area contributed by atoms with Gasteiger partial charge in [-0.2, -0.15) is 0 Å². The van der Waals surface area contributed by atoms with Crippen LogP contribution in [-0.4, -0.2) is 23.6 Å². The maximum atomic E-state index is 4.67. The minimum atomic E-state index is 0.860. The van der Waals surface area contributed by atoms with E-state index in [0.717, 1.165) is 36.6 Å². The summed E-state index contributed by atoms with van der Waals surface area (Å²) in [7, 11) is 1.95. The van der Waals surface area contributed by atoms with Crippen LogP contribution in [0.25, 0.3) is 11.3 Å². The Bertz CT molecular complexity index is 547. The molecule has 3 nitrogen and oxygen atoms in total. The summed E-state index contributed by atoms with van der Waals surface area (Å²) in [6.07, 6.45) is 3.18. The Hall–Kier alpha value is -1.74. The van der Waals surface area contributed by atoms with E-state index in [1.54, 1.807) is 0 Å². The first kappa shape index (κ1) is 14.7. The molecule has 106 valence electrons. The van der Waals surface area contributed by atoms with Gasteiger partial charge in [0.15, 0.2) is 0 Å². The molecule has 2 rings (SSSR count). The molecule has 1 aromatic carbocycles. The highest BCUT2D eigenvalue weighted by atomic mass is 14.9. The van der Waals surface area contributed by atoms with E-state index in [0.29, 0.717) is 0 Å². The van der Waals surface area contributed by atoms with Crippen molar-refractivity contribution in [1.82, 2.24) is 15.3 Å². The zero-order chi connectivity index (χ0) is 14.4. The van der Waals surface area contributed by atoms with Gasteiger partial charge in [-0.25, -0.2) is 9.97 Å². The van der Waals surface area contributed by atoms with Crippen molar-refractivity contribution >= 4 is 0 Å². The predicted molar refractivity (Wildman–Crippen MR) is 83.8 cm³/mol. The zero-order valence-corrected chi connectivity index (χ0v) is 12.6. The van der Waals surface area contributed by atoms with Gasteiger partial charge in [-0.3, -0.25) is 0 Å². The quantitative estimate of drug-likeness (QED) is 0.875. The maximum Gasteiger partial charge on any atom is 0.130 e. The van der Waals surface area contributed by atoms with E-state index in [1.807, 2.05) is 14.0 Å². The fourth-order valence-corrected chi connectivity index (χ4v) is 2.26. The van der Waals surface area contributed by atoms with Crippen LogP contribution in [0.3, 0.4) is 0 Å². The molecule has 0 aliphatic carbocycles. The summed E-state index contributed by atoms with van der Waals surface area (Å²) in [4.78, 5) is 9.16. The number of rotatable bonds is 6. The topological polar surface area (TPSA) is 37.8 Å². The molecule has 0 fully saturated rings. The van der Waals surface area contributed by atoms with E-state index >= 15 is 0 Å². The Morgan fingerprint density at radius 3 is 2.45 bits per heavy atom. The number of hydrogen-bond donors (Lipinski definition) is 1. The number of hydrogen-bond acceptors (Lipinski definition) is 3. The molecular weight excluding hydrogens is 246 g/mol. The summed E-state index contributed by atoms with van der Waals surface area (Å²) >= 11 is 0. The average Bonchev–Trinajstić information content (AvgIpc) is 2.46. The number of benzene rings is 1. The van der Waals surface area contributed by atoms with Crippen LogP contribution >= 0.6 is 0 Å². The molecule has 20 heavy (non-hydrogen) atoms. The smallest absolute Gasteiger partial charge is 0.130 e. The number of nitrogens with zero attached hydrogens (tertiary/aromatic N) is 2. The van der Waals surface area contributed by atoms with Gasteiger partial charge >= 0.3 is 0 Å². The fraction of sp³-hybridized carbons (Fsp3) is 0.412. The molecule has 0 saturated carbocycles. The van der Waals surface area contributed by atoms with Gasteiger partial charge in [0, 0.05) is 24.2 Å². The molecule has 1 heterocycles. The van der Waals surface area contributed by atoms with Gasteiger partial charge in [0.25, 0.3) is 0 Å². The molecule has 0 amide bonds. The summed E-state index contributed by atoms with van der Waals surface area (Å²) in [6, 6.07) is 10.8. The largest absolute Gasteiger partial charge is 0.319 e. The van der Waals surface area contributed by atoms with Crippen molar-refractivity contribution in [2.45, 2.75) is 33.1 Å². The summed E-state index contributed by atoms with van der Waals surface area (Å²) in [5, 5.41) is 3.14. The highest BCUT2D eigenvalue weighted by Gasteiger charge is 2.05. The molecule has 0 spiro atoms. The molecule has 1 aromatic heterocycles. The predicted octanol–water partition coefficient (Wildman–Crippen LogP) is 3.17. The lowest BCUT2D eigenvalue weighted by atomic mass is 10.1. The Kier molecular flexibility index (Phi) is 5.24. The van der Waals surface area contributed by atoms with Crippen LogP contribution in [0.15, 0.2) is 30.3 Å². The molecule has 0 unspecified atom stereocenters. The summed E-state index contributed by atoms with van der Waals surface area (Å²) < 4.78 is 0. The van der Waals surface area contributed by atoms with Crippen molar-refractivity contribution in [3.8, 4) is 11.3 Å². The van der Waals surface area contributed by atoms with E-state index in [4.69, 9.17) is 0 Å². The first-order chi connectivity index (χ1) is 9.72. The van der Waals surface area contributed by atoms with Gasteiger partial charge in [0.05, 0.1) is 5.69 Å². The van der Waals surface area contributed by atoms with Crippen LogP contribution in [-0.2, 0) is 12.8 Å². The summed E-state index contributed by atoms with van der Waals surface area (Å²) in [5.74, 6) is 0.909. The maximum absolute atomic E-state index is 4.67. The van der Waals surface area contributed by atoms with Gasteiger partial charge in [-0.1, -0.05) is 37.6 Å². The highest BCUT2D eigenvalue weighted by molar-refractivity contribution is 5.59. The molecule has 2 aromatic rings. The van der Waals surface area contributed by atoms with Crippen molar-refractivity contribution in [3.63, 3.8) is 0 Å². The number of likely N-dealkylation sites (N-methyl/N-ethyl adjacent to an activating group) is 1. The molecule has 3 heteroatoms. The summed E-state index contributed by atoms with van der Waals surface area (Å²) in [5.41, 5.74) is 4.60. The third kappa shape index (κ3) is 3.87. The molecule has 1 N–H and O–H groups in total. The van der Waals surface area contributed by atoms with Crippen molar-refractivity contribution in [3.05, 3.63) is 47.4 Å². The van der Waals surface area contributed by atoms with Gasteiger partial charge in [-0.05, 0) is 32.0 Å². The van der Waals surface area contributed by atoms with Crippen LogP contribution in [0.5, 0.6) is 0 Å². The van der Waals surface area contributed by atoms with Crippen LogP contribution in [0.2, 0.25) is 0 Å². The van der Waals surface area contributed by atoms with Crippen molar-refractivity contribution in [2.75, 3.05) is 13.6 Å². The average molecular weight is 269 g/mol. The molecule has 0 radical (unpaired) electrons. The first-order valence-corrected chi connectivity index (χ1v) is 7.31. The van der Waals surface area contributed by atoms with Crippen molar-refractivity contribution < 1.29 is 0 Å². The van der Waals surface area contributed by atoms with Crippen LogP contribution in [0.4, 0.5) is 0 Å². The monoisotopic (exact) mass is 269 g/mol. The molecule has 0 bridgehead atoms. The lowest BCUT2D eigenvalue weighted by Gasteiger charge is -2.07. The first-order valence-electron chi connectivity index (χ1n) is 7.31. The Labute approximate surface area is 121 Å². The third-order valence-corrected chi connectivity index (χ3v) is 3.29. The second kappa shape index (κ2) is 7.15. The highest BCUT2D eigenvalue weighted by Crippen LogP contribution is 2.19. The Morgan fingerprint density at radius 2 is 1.80 bits per heavy atom. The molecular formula is C17H23N3. The fourth-order valence-electron chi connectivity index (χ4n) is 2.26. The molecule has 0 aliphatic rings. The number of aryl methyl sites for hydroxylation is 2.